The molecule has 2 nitrogen and oxygen atoms in total. The predicted molar refractivity (Wildman–Crippen MR) is 114 cm³/mol. The molecule has 4 rings (SSSR count). The lowest BCUT2D eigenvalue weighted by molar-refractivity contribution is 0.748. The quantitative estimate of drug-likeness (QED) is 0.368. The minimum Gasteiger partial charge on any atom is -0.354 e. The topological polar surface area (TPSA) is 41.8 Å². The van der Waals surface area contributed by atoms with Crippen molar-refractivity contribution in [3.8, 4) is 21.7 Å². The second-order valence-electron chi connectivity index (χ2n) is 6.45. The Morgan fingerprint density at radius 1 is 0.923 bits per heavy atom. The molecule has 0 unspecified atom stereocenters. The number of halogens is 1. The standard InChI is InChI=1S/C22H21ClN2S/c23-21-12-11-20(26-21)22-17(8-4-5-13-24)18-14-16(9-10-19(18)25-22)15-6-2-1-3-7-15/h1-3,6-7,9-12,14,25H,4-5,8,13,24H2. The van der Waals surface area contributed by atoms with Gasteiger partial charge in [-0.05, 0) is 66.8 Å². The van der Waals surface area contributed by atoms with Gasteiger partial charge in [0, 0.05) is 10.9 Å². The molecule has 0 aliphatic carbocycles. The lowest BCUT2D eigenvalue weighted by atomic mass is 9.99. The molecule has 4 aromatic rings. The van der Waals surface area contributed by atoms with Gasteiger partial charge < -0.3 is 10.7 Å². The first-order valence-electron chi connectivity index (χ1n) is 8.92. The van der Waals surface area contributed by atoms with Crippen molar-refractivity contribution in [2.75, 3.05) is 6.54 Å². The third-order valence-corrected chi connectivity index (χ3v) is 5.96. The van der Waals surface area contributed by atoms with Gasteiger partial charge in [-0.2, -0.15) is 0 Å². The molecular formula is C22H21ClN2S. The van der Waals surface area contributed by atoms with Gasteiger partial charge in [0.25, 0.3) is 0 Å². The van der Waals surface area contributed by atoms with Crippen LogP contribution >= 0.6 is 22.9 Å². The van der Waals surface area contributed by atoms with Crippen LogP contribution in [-0.2, 0) is 6.42 Å². The van der Waals surface area contributed by atoms with Gasteiger partial charge in [-0.15, -0.1) is 11.3 Å². The Balaban J connectivity index is 1.84. The number of hydrogen-bond donors (Lipinski definition) is 2. The summed E-state index contributed by atoms with van der Waals surface area (Å²) in [4.78, 5) is 4.81. The maximum Gasteiger partial charge on any atom is 0.0935 e. The van der Waals surface area contributed by atoms with Crippen LogP contribution in [0.1, 0.15) is 18.4 Å². The van der Waals surface area contributed by atoms with Gasteiger partial charge in [0.15, 0.2) is 0 Å². The smallest absolute Gasteiger partial charge is 0.0935 e. The second-order valence-corrected chi connectivity index (χ2v) is 8.17. The molecule has 0 saturated heterocycles. The SMILES string of the molecule is NCCCCc1c(-c2ccc(Cl)s2)[nH]c2ccc(-c3ccccc3)cc12. The molecule has 0 fully saturated rings. The van der Waals surface area contributed by atoms with Gasteiger partial charge in [0.05, 0.1) is 14.9 Å². The summed E-state index contributed by atoms with van der Waals surface area (Å²) < 4.78 is 0.816. The lowest BCUT2D eigenvalue weighted by Crippen LogP contribution is -1.99. The molecule has 0 amide bonds. The van der Waals surface area contributed by atoms with Gasteiger partial charge in [0.1, 0.15) is 0 Å². The van der Waals surface area contributed by atoms with Crippen LogP contribution in [-0.4, -0.2) is 11.5 Å². The van der Waals surface area contributed by atoms with Crippen LogP contribution in [0.3, 0.4) is 0 Å². The van der Waals surface area contributed by atoms with Crippen LogP contribution in [0.25, 0.3) is 32.6 Å². The zero-order valence-corrected chi connectivity index (χ0v) is 16.0. The summed E-state index contributed by atoms with van der Waals surface area (Å²) in [7, 11) is 0. The third kappa shape index (κ3) is 3.43. The van der Waals surface area contributed by atoms with E-state index in [1.54, 1.807) is 11.3 Å². The summed E-state index contributed by atoms with van der Waals surface area (Å²) in [6, 6.07) is 21.3. The first-order valence-corrected chi connectivity index (χ1v) is 10.1. The maximum absolute atomic E-state index is 6.18. The zero-order valence-electron chi connectivity index (χ0n) is 14.5. The summed E-state index contributed by atoms with van der Waals surface area (Å²) in [5.41, 5.74) is 11.9. The molecule has 0 bridgehead atoms. The first-order chi connectivity index (χ1) is 12.8. The van der Waals surface area contributed by atoms with Crippen LogP contribution in [0.15, 0.2) is 60.7 Å². The molecule has 26 heavy (non-hydrogen) atoms. The first kappa shape index (κ1) is 17.3. The third-order valence-electron chi connectivity index (χ3n) is 4.71. The molecule has 2 aromatic carbocycles. The van der Waals surface area contributed by atoms with E-state index in [1.165, 1.54) is 38.2 Å². The Hall–Kier alpha value is -2.07. The Morgan fingerprint density at radius 2 is 1.77 bits per heavy atom. The van der Waals surface area contributed by atoms with E-state index < -0.39 is 0 Å². The van der Waals surface area contributed by atoms with Crippen molar-refractivity contribution in [3.63, 3.8) is 0 Å². The van der Waals surface area contributed by atoms with Crippen LogP contribution < -0.4 is 5.73 Å². The van der Waals surface area contributed by atoms with E-state index in [1.807, 2.05) is 6.07 Å². The van der Waals surface area contributed by atoms with Crippen molar-refractivity contribution in [1.82, 2.24) is 4.98 Å². The average molecular weight is 381 g/mol. The molecule has 4 heteroatoms. The van der Waals surface area contributed by atoms with Crippen molar-refractivity contribution >= 4 is 33.8 Å². The molecule has 0 aliphatic heterocycles. The molecule has 0 aliphatic rings. The van der Waals surface area contributed by atoms with Crippen molar-refractivity contribution in [2.24, 2.45) is 5.73 Å². The van der Waals surface area contributed by atoms with E-state index in [2.05, 4.69) is 59.6 Å². The highest BCUT2D eigenvalue weighted by Crippen LogP contribution is 2.38. The Labute approximate surface area is 162 Å². The fraction of sp³-hybridized carbons (Fsp3) is 0.182. The fourth-order valence-electron chi connectivity index (χ4n) is 3.42. The van der Waals surface area contributed by atoms with E-state index in [-0.39, 0.29) is 0 Å². The van der Waals surface area contributed by atoms with Crippen molar-refractivity contribution < 1.29 is 0 Å². The number of benzene rings is 2. The molecule has 0 atom stereocenters. The monoisotopic (exact) mass is 380 g/mol. The molecule has 2 aromatic heterocycles. The van der Waals surface area contributed by atoms with Gasteiger partial charge >= 0.3 is 0 Å². The van der Waals surface area contributed by atoms with E-state index in [9.17, 15) is 0 Å². The van der Waals surface area contributed by atoms with E-state index >= 15 is 0 Å². The molecule has 132 valence electrons. The number of fused-ring (bicyclic) bond motifs is 1. The summed E-state index contributed by atoms with van der Waals surface area (Å²) in [6.07, 6.45) is 3.14. The molecule has 0 radical (unpaired) electrons. The number of aromatic amines is 1. The second kappa shape index (κ2) is 7.67. The number of nitrogens with two attached hydrogens (primary N) is 1. The Kier molecular flexibility index (Phi) is 5.11. The predicted octanol–water partition coefficient (Wildman–Crippen LogP) is 6.50. The van der Waals surface area contributed by atoms with Crippen molar-refractivity contribution in [3.05, 3.63) is 70.6 Å². The summed E-state index contributed by atoms with van der Waals surface area (Å²) in [6.45, 7) is 0.734. The molecule has 2 heterocycles. The number of aryl methyl sites for hydroxylation is 1. The van der Waals surface area contributed by atoms with E-state index in [4.69, 9.17) is 17.3 Å². The number of unbranched alkanes of at least 4 members (excludes halogenated alkanes) is 1. The number of hydrogen-bond acceptors (Lipinski definition) is 2. The largest absolute Gasteiger partial charge is 0.354 e. The molecule has 3 N–H and O–H groups in total. The molecule has 0 spiro atoms. The summed E-state index contributed by atoms with van der Waals surface area (Å²) >= 11 is 7.80. The highest BCUT2D eigenvalue weighted by atomic mass is 35.5. The molecular weight excluding hydrogens is 360 g/mol. The van der Waals surface area contributed by atoms with Crippen LogP contribution in [0.4, 0.5) is 0 Å². The minimum atomic E-state index is 0.734. The minimum absolute atomic E-state index is 0.734. The average Bonchev–Trinajstić information content (AvgIpc) is 3.26. The van der Waals surface area contributed by atoms with Gasteiger partial charge in [-0.25, -0.2) is 0 Å². The maximum atomic E-state index is 6.18. The Bertz CT molecular complexity index is 1020. The van der Waals surface area contributed by atoms with Gasteiger partial charge in [-0.3, -0.25) is 0 Å². The highest BCUT2D eigenvalue weighted by molar-refractivity contribution is 7.19. The molecule has 0 saturated carbocycles. The van der Waals surface area contributed by atoms with E-state index in [0.29, 0.717) is 0 Å². The number of nitrogens with one attached hydrogen (secondary N) is 1. The van der Waals surface area contributed by atoms with Crippen molar-refractivity contribution in [2.45, 2.75) is 19.3 Å². The summed E-state index contributed by atoms with van der Waals surface area (Å²) in [5.74, 6) is 0. The Morgan fingerprint density at radius 3 is 2.50 bits per heavy atom. The highest BCUT2D eigenvalue weighted by Gasteiger charge is 2.15. The number of rotatable bonds is 6. The van der Waals surface area contributed by atoms with Crippen LogP contribution in [0.5, 0.6) is 0 Å². The van der Waals surface area contributed by atoms with Gasteiger partial charge in [-0.1, -0.05) is 48.0 Å². The number of H-pyrrole nitrogens is 1. The lowest BCUT2D eigenvalue weighted by Gasteiger charge is -2.05. The zero-order chi connectivity index (χ0) is 17.9. The van der Waals surface area contributed by atoms with Crippen LogP contribution in [0, 0.1) is 0 Å². The summed E-state index contributed by atoms with van der Waals surface area (Å²) in [5, 5.41) is 1.29. The number of aromatic nitrogens is 1. The van der Waals surface area contributed by atoms with E-state index in [0.717, 1.165) is 30.1 Å². The normalized spacial score (nSPS) is 11.3. The fourth-order valence-corrected chi connectivity index (χ4v) is 4.49. The number of thiophene rings is 1. The van der Waals surface area contributed by atoms with Crippen molar-refractivity contribution in [1.29, 1.82) is 0 Å². The van der Waals surface area contributed by atoms with Crippen LogP contribution in [0.2, 0.25) is 4.34 Å². The van der Waals surface area contributed by atoms with Gasteiger partial charge in [0.2, 0.25) is 0 Å².